The lowest BCUT2D eigenvalue weighted by Gasteiger charge is -2.17. The Morgan fingerprint density at radius 2 is 2.00 bits per heavy atom. The van der Waals surface area contributed by atoms with Crippen LogP contribution in [0.2, 0.25) is 0 Å². The lowest BCUT2D eigenvalue weighted by atomic mass is 10.0. The zero-order valence-corrected chi connectivity index (χ0v) is 10.6. The molecule has 0 bridgehead atoms. The van der Waals surface area contributed by atoms with Crippen LogP contribution >= 0.6 is 0 Å². The maximum atomic E-state index is 5.68. The number of rotatable bonds is 3. The van der Waals surface area contributed by atoms with E-state index in [0.717, 1.165) is 22.6 Å². The van der Waals surface area contributed by atoms with Crippen LogP contribution in [0.25, 0.3) is 0 Å². The van der Waals surface area contributed by atoms with Crippen molar-refractivity contribution in [1.82, 2.24) is 25.0 Å². The Morgan fingerprint density at radius 1 is 1.29 bits per heavy atom. The van der Waals surface area contributed by atoms with Crippen LogP contribution in [0.1, 0.15) is 28.7 Å². The van der Waals surface area contributed by atoms with Gasteiger partial charge in [0.15, 0.2) is 0 Å². The maximum absolute atomic E-state index is 5.68. The van der Waals surface area contributed by atoms with Crippen molar-refractivity contribution in [2.45, 2.75) is 19.9 Å². The zero-order chi connectivity index (χ0) is 12.6. The molecule has 2 heterocycles. The standard InChI is InChI=1S/C11H18N6/c1-7-10(8(2)16(3)15-7)11(14-12)9-5-6-13-17(9)4/h5-6,11,14H,12H2,1-4H3. The molecule has 0 aromatic carbocycles. The molecule has 92 valence electrons. The average molecular weight is 234 g/mol. The number of aromatic nitrogens is 4. The van der Waals surface area contributed by atoms with Crippen molar-refractivity contribution in [2.24, 2.45) is 19.9 Å². The monoisotopic (exact) mass is 234 g/mol. The molecule has 0 saturated heterocycles. The Kier molecular flexibility index (Phi) is 2.99. The molecular formula is C11H18N6. The Labute approximate surface area is 100 Å². The molecule has 17 heavy (non-hydrogen) atoms. The van der Waals surface area contributed by atoms with E-state index in [1.807, 2.05) is 43.4 Å². The molecule has 2 aromatic rings. The van der Waals surface area contributed by atoms with Gasteiger partial charge in [0.05, 0.1) is 17.4 Å². The number of hydrogen-bond donors (Lipinski definition) is 2. The van der Waals surface area contributed by atoms with Crippen molar-refractivity contribution in [3.63, 3.8) is 0 Å². The SMILES string of the molecule is Cc1nn(C)c(C)c1C(NN)c1ccnn1C. The highest BCUT2D eigenvalue weighted by molar-refractivity contribution is 5.34. The highest BCUT2D eigenvalue weighted by atomic mass is 15.3. The summed E-state index contributed by atoms with van der Waals surface area (Å²) < 4.78 is 3.68. The molecule has 2 rings (SSSR count). The second-order valence-corrected chi connectivity index (χ2v) is 4.19. The summed E-state index contributed by atoms with van der Waals surface area (Å²) in [4.78, 5) is 0. The van der Waals surface area contributed by atoms with Gasteiger partial charge >= 0.3 is 0 Å². The largest absolute Gasteiger partial charge is 0.272 e. The summed E-state index contributed by atoms with van der Waals surface area (Å²) in [5, 5.41) is 8.58. The molecule has 6 nitrogen and oxygen atoms in total. The molecule has 6 heteroatoms. The predicted molar refractivity (Wildman–Crippen MR) is 65.1 cm³/mol. The van der Waals surface area contributed by atoms with Crippen LogP contribution in [0.4, 0.5) is 0 Å². The van der Waals surface area contributed by atoms with Crippen LogP contribution in [0.3, 0.4) is 0 Å². The molecule has 3 N–H and O–H groups in total. The van der Waals surface area contributed by atoms with Crippen LogP contribution in [-0.4, -0.2) is 19.6 Å². The number of hydrogen-bond acceptors (Lipinski definition) is 4. The van der Waals surface area contributed by atoms with E-state index in [9.17, 15) is 0 Å². The van der Waals surface area contributed by atoms with E-state index in [4.69, 9.17) is 5.84 Å². The van der Waals surface area contributed by atoms with Gasteiger partial charge in [0.1, 0.15) is 0 Å². The second kappa shape index (κ2) is 4.31. The molecule has 0 spiro atoms. The van der Waals surface area contributed by atoms with Crippen molar-refractivity contribution in [3.8, 4) is 0 Å². The third-order valence-corrected chi connectivity index (χ3v) is 3.17. The minimum atomic E-state index is -0.0869. The molecular weight excluding hydrogens is 216 g/mol. The summed E-state index contributed by atoms with van der Waals surface area (Å²) in [6.45, 7) is 4.03. The van der Waals surface area contributed by atoms with Crippen molar-refractivity contribution in [3.05, 3.63) is 34.9 Å². The van der Waals surface area contributed by atoms with Gasteiger partial charge in [0, 0.05) is 31.5 Å². The van der Waals surface area contributed by atoms with Gasteiger partial charge in [-0.3, -0.25) is 15.2 Å². The summed E-state index contributed by atoms with van der Waals surface area (Å²) in [5.74, 6) is 5.68. The predicted octanol–water partition coefficient (Wildman–Crippen LogP) is 0.323. The molecule has 0 saturated carbocycles. The quantitative estimate of drug-likeness (QED) is 0.592. The fourth-order valence-corrected chi connectivity index (χ4v) is 2.19. The van der Waals surface area contributed by atoms with Gasteiger partial charge in [-0.25, -0.2) is 5.43 Å². The second-order valence-electron chi connectivity index (χ2n) is 4.19. The van der Waals surface area contributed by atoms with Gasteiger partial charge in [-0.2, -0.15) is 10.2 Å². The van der Waals surface area contributed by atoms with E-state index in [0.29, 0.717) is 0 Å². The van der Waals surface area contributed by atoms with Crippen LogP contribution in [-0.2, 0) is 14.1 Å². The molecule has 1 atom stereocenters. The third-order valence-electron chi connectivity index (χ3n) is 3.17. The van der Waals surface area contributed by atoms with Crippen LogP contribution in [0.5, 0.6) is 0 Å². The first kappa shape index (κ1) is 11.8. The van der Waals surface area contributed by atoms with Gasteiger partial charge in [-0.15, -0.1) is 0 Å². The number of aryl methyl sites for hydroxylation is 3. The van der Waals surface area contributed by atoms with E-state index in [2.05, 4.69) is 15.6 Å². The van der Waals surface area contributed by atoms with E-state index < -0.39 is 0 Å². The molecule has 0 aliphatic rings. The number of nitrogens with zero attached hydrogens (tertiary/aromatic N) is 4. The van der Waals surface area contributed by atoms with E-state index in [1.165, 1.54) is 0 Å². The first-order valence-corrected chi connectivity index (χ1v) is 5.50. The Hall–Kier alpha value is -1.66. The number of nitrogens with one attached hydrogen (secondary N) is 1. The smallest absolute Gasteiger partial charge is 0.0913 e. The summed E-state index contributed by atoms with van der Waals surface area (Å²) in [5.41, 5.74) is 7.06. The van der Waals surface area contributed by atoms with Gasteiger partial charge in [0.2, 0.25) is 0 Å². The summed E-state index contributed by atoms with van der Waals surface area (Å²) in [6.07, 6.45) is 1.76. The molecule has 0 aliphatic carbocycles. The lowest BCUT2D eigenvalue weighted by Crippen LogP contribution is -2.31. The Bertz CT molecular complexity index is 524. The van der Waals surface area contributed by atoms with Gasteiger partial charge in [-0.05, 0) is 19.9 Å². The third kappa shape index (κ3) is 1.85. The minimum Gasteiger partial charge on any atom is -0.272 e. The molecule has 0 radical (unpaired) electrons. The number of hydrazine groups is 1. The zero-order valence-electron chi connectivity index (χ0n) is 10.6. The van der Waals surface area contributed by atoms with Crippen molar-refractivity contribution in [2.75, 3.05) is 0 Å². The van der Waals surface area contributed by atoms with E-state index in [-0.39, 0.29) is 6.04 Å². The fraction of sp³-hybridized carbons (Fsp3) is 0.455. The summed E-state index contributed by atoms with van der Waals surface area (Å²) in [6, 6.07) is 1.87. The number of nitrogens with two attached hydrogens (primary N) is 1. The Morgan fingerprint density at radius 3 is 2.41 bits per heavy atom. The maximum Gasteiger partial charge on any atom is 0.0913 e. The molecule has 1 unspecified atom stereocenters. The molecule has 0 aliphatic heterocycles. The molecule has 0 fully saturated rings. The first-order chi connectivity index (χ1) is 8.06. The van der Waals surface area contributed by atoms with Crippen molar-refractivity contribution < 1.29 is 0 Å². The normalized spacial score (nSPS) is 13.0. The van der Waals surface area contributed by atoms with Gasteiger partial charge < -0.3 is 0 Å². The molecule has 2 aromatic heterocycles. The highest BCUT2D eigenvalue weighted by Gasteiger charge is 2.22. The summed E-state index contributed by atoms with van der Waals surface area (Å²) in [7, 11) is 3.84. The lowest BCUT2D eigenvalue weighted by molar-refractivity contribution is 0.570. The fourth-order valence-electron chi connectivity index (χ4n) is 2.19. The van der Waals surface area contributed by atoms with E-state index >= 15 is 0 Å². The van der Waals surface area contributed by atoms with Crippen molar-refractivity contribution in [1.29, 1.82) is 0 Å². The first-order valence-electron chi connectivity index (χ1n) is 5.50. The van der Waals surface area contributed by atoms with Crippen LogP contribution in [0, 0.1) is 13.8 Å². The van der Waals surface area contributed by atoms with E-state index in [1.54, 1.807) is 6.20 Å². The van der Waals surface area contributed by atoms with Crippen molar-refractivity contribution >= 4 is 0 Å². The van der Waals surface area contributed by atoms with Crippen LogP contribution in [0.15, 0.2) is 12.3 Å². The highest BCUT2D eigenvalue weighted by Crippen LogP contribution is 2.26. The topological polar surface area (TPSA) is 73.7 Å². The van der Waals surface area contributed by atoms with Crippen LogP contribution < -0.4 is 11.3 Å². The summed E-state index contributed by atoms with van der Waals surface area (Å²) >= 11 is 0. The minimum absolute atomic E-state index is 0.0869. The van der Waals surface area contributed by atoms with Gasteiger partial charge in [0.25, 0.3) is 0 Å². The van der Waals surface area contributed by atoms with Gasteiger partial charge in [-0.1, -0.05) is 0 Å². The molecule has 0 amide bonds. The average Bonchev–Trinajstić information content (AvgIpc) is 2.79. The Balaban J connectivity index is 2.53.